The van der Waals surface area contributed by atoms with E-state index in [0.29, 0.717) is 36.1 Å². The molecule has 10 nitrogen and oxygen atoms in total. The number of ether oxygens (including phenoxy) is 3. The van der Waals surface area contributed by atoms with Crippen LogP contribution >= 0.6 is 7.82 Å². The number of rotatable bonds is 36. The van der Waals surface area contributed by atoms with E-state index in [2.05, 4.69) is 92.8 Å². The average Bonchev–Trinajstić information content (AvgIpc) is 3.92. The summed E-state index contributed by atoms with van der Waals surface area (Å²) in [6, 6.07) is 0. The Balaban J connectivity index is 2.37. The molecule has 11 heteroatoms. The van der Waals surface area contributed by atoms with Gasteiger partial charge < -0.3 is 23.6 Å². The lowest BCUT2D eigenvalue weighted by molar-refractivity contribution is -0.870. The lowest BCUT2D eigenvalue weighted by Crippen LogP contribution is -2.37. The van der Waals surface area contributed by atoms with Crippen molar-refractivity contribution in [2.45, 2.75) is 148 Å². The number of unbranched alkanes of at least 4 members (excludes halogenated alkanes) is 6. The fourth-order valence-electron chi connectivity index (χ4n) is 5.33. The van der Waals surface area contributed by atoms with Gasteiger partial charge in [-0.1, -0.05) is 112 Å². The van der Waals surface area contributed by atoms with Crippen LogP contribution in [0, 0.1) is 0 Å². The van der Waals surface area contributed by atoms with Gasteiger partial charge in [0.1, 0.15) is 19.8 Å². The molecule has 0 saturated carbocycles. The van der Waals surface area contributed by atoms with Crippen LogP contribution < -0.4 is 0 Å². The van der Waals surface area contributed by atoms with Crippen LogP contribution in [0.1, 0.15) is 129 Å². The first-order valence-electron chi connectivity index (χ1n) is 21.4. The standard InChI is InChI=1S/C46H76NO9P/c1-6-8-10-12-14-15-16-17-18-19-20-21-24-29-33-37-46(49)55-42(41-54-57(50,51)53-39-38-47(3,4)5)40-52-45(48)36-32-28-25-22-23-27-31-35-44-43(56-44)34-30-26-13-11-9-7-2/h8,10,14-15,17-18,20-22,25-27,30-31,42-44H,6-7,9,11-13,16,19,23-24,28-29,32-41H2,1-5H3/p+1/b10-8-,15-14-,18-17-,21-20-,25-22-,30-26-,31-27-/t42-,43?,44?/m1/s1. The molecule has 1 aliphatic rings. The molecule has 0 aromatic heterocycles. The molecule has 0 aromatic rings. The zero-order valence-corrected chi connectivity index (χ0v) is 36.9. The maximum atomic E-state index is 12.7. The number of epoxide rings is 1. The van der Waals surface area contributed by atoms with Gasteiger partial charge in [0.05, 0.1) is 40.0 Å². The number of nitrogens with zero attached hydrogens (tertiary/aromatic N) is 1. The van der Waals surface area contributed by atoms with Crippen LogP contribution in [0.4, 0.5) is 0 Å². The van der Waals surface area contributed by atoms with Gasteiger partial charge in [0.15, 0.2) is 6.10 Å². The minimum absolute atomic E-state index is 0.00787. The van der Waals surface area contributed by atoms with E-state index in [4.69, 9.17) is 23.3 Å². The Labute approximate surface area is 346 Å². The van der Waals surface area contributed by atoms with Gasteiger partial charge in [0.25, 0.3) is 0 Å². The number of likely N-dealkylation sites (N-methyl/N-ethyl adjacent to an activating group) is 1. The summed E-state index contributed by atoms with van der Waals surface area (Å²) in [4.78, 5) is 35.3. The van der Waals surface area contributed by atoms with E-state index in [1.165, 1.54) is 19.3 Å². The summed E-state index contributed by atoms with van der Waals surface area (Å²) >= 11 is 0. The molecule has 4 atom stereocenters. The summed E-state index contributed by atoms with van der Waals surface area (Å²) in [6.07, 6.45) is 45.3. The first-order chi connectivity index (χ1) is 27.5. The minimum atomic E-state index is -4.41. The number of phosphoric acid groups is 1. The Kier molecular flexibility index (Phi) is 31.2. The first kappa shape index (κ1) is 52.2. The summed E-state index contributed by atoms with van der Waals surface area (Å²) in [6.45, 7) is 4.12. The highest BCUT2D eigenvalue weighted by Gasteiger charge is 2.36. The van der Waals surface area contributed by atoms with E-state index in [1.807, 2.05) is 27.2 Å². The van der Waals surface area contributed by atoms with Crippen molar-refractivity contribution >= 4 is 19.8 Å². The van der Waals surface area contributed by atoms with Gasteiger partial charge >= 0.3 is 19.8 Å². The van der Waals surface area contributed by atoms with E-state index in [0.717, 1.165) is 70.6 Å². The molecule has 0 bridgehead atoms. The summed E-state index contributed by atoms with van der Waals surface area (Å²) in [7, 11) is 1.40. The molecule has 1 N–H and O–H groups in total. The number of esters is 2. The maximum absolute atomic E-state index is 12.7. The average molecular weight is 819 g/mol. The Morgan fingerprint density at radius 1 is 0.649 bits per heavy atom. The highest BCUT2D eigenvalue weighted by molar-refractivity contribution is 7.47. The predicted molar refractivity (Wildman–Crippen MR) is 233 cm³/mol. The number of quaternary nitrogens is 1. The third-order valence-corrected chi connectivity index (χ3v) is 9.80. The zero-order chi connectivity index (χ0) is 41.9. The van der Waals surface area contributed by atoms with Gasteiger partial charge in [-0.2, -0.15) is 0 Å². The maximum Gasteiger partial charge on any atom is 0.472 e. The molecule has 1 fully saturated rings. The molecule has 0 radical (unpaired) electrons. The Hall–Kier alpha value is -2.85. The van der Waals surface area contributed by atoms with Crippen molar-refractivity contribution in [2.75, 3.05) is 47.5 Å². The van der Waals surface area contributed by atoms with Crippen molar-refractivity contribution in [3.8, 4) is 0 Å². The summed E-state index contributed by atoms with van der Waals surface area (Å²) in [5.41, 5.74) is 0. The van der Waals surface area contributed by atoms with Crippen LogP contribution in [-0.4, -0.2) is 87.1 Å². The fourth-order valence-corrected chi connectivity index (χ4v) is 6.07. The van der Waals surface area contributed by atoms with Gasteiger partial charge in [-0.3, -0.25) is 18.6 Å². The molecular formula is C46H77NO9P+. The van der Waals surface area contributed by atoms with Gasteiger partial charge in [-0.25, -0.2) is 4.57 Å². The molecule has 1 heterocycles. The minimum Gasteiger partial charge on any atom is -0.462 e. The van der Waals surface area contributed by atoms with E-state index in [1.54, 1.807) is 0 Å². The van der Waals surface area contributed by atoms with Crippen molar-refractivity contribution in [3.63, 3.8) is 0 Å². The first-order valence-corrected chi connectivity index (χ1v) is 22.9. The van der Waals surface area contributed by atoms with Crippen molar-refractivity contribution in [3.05, 3.63) is 85.1 Å². The van der Waals surface area contributed by atoms with Crippen molar-refractivity contribution in [1.29, 1.82) is 0 Å². The lowest BCUT2D eigenvalue weighted by Gasteiger charge is -2.24. The number of carbonyl (C=O) groups is 2. The number of allylic oxidation sites excluding steroid dienone is 12. The second-order valence-corrected chi connectivity index (χ2v) is 16.8. The lowest BCUT2D eigenvalue weighted by atomic mass is 10.1. The van der Waals surface area contributed by atoms with Crippen molar-refractivity contribution in [1.82, 2.24) is 0 Å². The molecule has 3 unspecified atom stereocenters. The summed E-state index contributed by atoms with van der Waals surface area (Å²) in [5.74, 6) is -0.930. The van der Waals surface area contributed by atoms with E-state index >= 15 is 0 Å². The Bertz CT molecular complexity index is 1310. The van der Waals surface area contributed by atoms with Crippen LogP contribution in [0.15, 0.2) is 85.1 Å². The normalized spacial score (nSPS) is 18.0. The second-order valence-electron chi connectivity index (χ2n) is 15.4. The van der Waals surface area contributed by atoms with Crippen LogP contribution in [0.2, 0.25) is 0 Å². The number of hydrogen-bond acceptors (Lipinski definition) is 8. The summed E-state index contributed by atoms with van der Waals surface area (Å²) in [5, 5.41) is 0. The molecule has 57 heavy (non-hydrogen) atoms. The van der Waals surface area contributed by atoms with Crippen LogP contribution in [-0.2, 0) is 37.4 Å². The topological polar surface area (TPSA) is 121 Å². The van der Waals surface area contributed by atoms with Gasteiger partial charge in [0, 0.05) is 12.8 Å². The molecule has 0 spiro atoms. The molecule has 1 saturated heterocycles. The quantitative estimate of drug-likeness (QED) is 0.0164. The Morgan fingerprint density at radius 2 is 1.16 bits per heavy atom. The van der Waals surface area contributed by atoms with Crippen LogP contribution in [0.25, 0.3) is 0 Å². The number of hydrogen-bond donors (Lipinski definition) is 1. The van der Waals surface area contributed by atoms with Crippen LogP contribution in [0.5, 0.6) is 0 Å². The van der Waals surface area contributed by atoms with Crippen LogP contribution in [0.3, 0.4) is 0 Å². The Morgan fingerprint density at radius 3 is 1.75 bits per heavy atom. The molecule has 0 aromatic carbocycles. The zero-order valence-electron chi connectivity index (χ0n) is 36.0. The highest BCUT2D eigenvalue weighted by atomic mass is 31.2. The third kappa shape index (κ3) is 34.9. The van der Waals surface area contributed by atoms with Gasteiger partial charge in [0.2, 0.25) is 0 Å². The van der Waals surface area contributed by atoms with Crippen molar-refractivity contribution in [2.24, 2.45) is 0 Å². The fraction of sp³-hybridized carbons (Fsp3) is 0.652. The number of phosphoric ester groups is 1. The molecule has 1 aliphatic heterocycles. The van der Waals surface area contributed by atoms with Gasteiger partial charge in [-0.15, -0.1) is 0 Å². The molecule has 0 aliphatic carbocycles. The second kappa shape index (κ2) is 34.1. The highest BCUT2D eigenvalue weighted by Crippen LogP contribution is 2.43. The molecule has 324 valence electrons. The van der Waals surface area contributed by atoms with E-state index in [-0.39, 0.29) is 26.1 Å². The predicted octanol–water partition coefficient (Wildman–Crippen LogP) is 11.0. The largest absolute Gasteiger partial charge is 0.472 e. The molecule has 1 rings (SSSR count). The van der Waals surface area contributed by atoms with Crippen molar-refractivity contribution < 1.29 is 46.8 Å². The number of carbonyl (C=O) groups excluding carboxylic acids is 2. The smallest absolute Gasteiger partial charge is 0.462 e. The van der Waals surface area contributed by atoms with E-state index in [9.17, 15) is 19.0 Å². The SMILES string of the molecule is CC/C=C\C/C=C\C/C=C\C/C=C\CCCCC(=O)O[C@H](COC(=O)CCC/C=C\C/C=C\CC1OC1C/C=C\CCCCC)COP(=O)(O)OCC[N+](C)(C)C. The molecular weight excluding hydrogens is 741 g/mol. The van der Waals surface area contributed by atoms with E-state index < -0.39 is 32.5 Å². The third-order valence-electron chi connectivity index (χ3n) is 8.81. The summed E-state index contributed by atoms with van der Waals surface area (Å²) < 4.78 is 39.9. The molecule has 0 amide bonds. The van der Waals surface area contributed by atoms with Gasteiger partial charge in [-0.05, 0) is 89.9 Å². The monoisotopic (exact) mass is 819 g/mol.